The summed E-state index contributed by atoms with van der Waals surface area (Å²) in [5, 5.41) is 9.44. The van der Waals surface area contributed by atoms with Crippen LogP contribution in [0.3, 0.4) is 0 Å². The summed E-state index contributed by atoms with van der Waals surface area (Å²) in [5.41, 5.74) is 0.586. The molecule has 0 atom stereocenters. The molecule has 1 aliphatic rings. The van der Waals surface area contributed by atoms with Crippen molar-refractivity contribution in [1.29, 1.82) is 0 Å². The molecule has 1 aromatic rings. The first kappa shape index (κ1) is 15.8. The Morgan fingerprint density at radius 3 is 2.65 bits per heavy atom. The van der Waals surface area contributed by atoms with Gasteiger partial charge in [0.2, 0.25) is 10.0 Å². The van der Waals surface area contributed by atoms with E-state index in [1.807, 2.05) is 0 Å². The quantitative estimate of drug-likeness (QED) is 0.877. The molecule has 0 spiro atoms. The van der Waals surface area contributed by atoms with E-state index in [-0.39, 0.29) is 17.5 Å². The minimum absolute atomic E-state index is 0.00668. The molecule has 1 aromatic carbocycles. The number of aliphatic hydroxyl groups excluding tert-OH is 1. The van der Waals surface area contributed by atoms with E-state index in [1.54, 1.807) is 25.1 Å². The Morgan fingerprint density at radius 1 is 1.40 bits per heavy atom. The van der Waals surface area contributed by atoms with Gasteiger partial charge in [-0.2, -0.15) is 4.31 Å². The maximum atomic E-state index is 12.8. The summed E-state index contributed by atoms with van der Waals surface area (Å²) < 4.78 is 27.2. The SMILES string of the molecule is Cc1c(Cl)cccc1S(=O)(=O)N(CCCO)C1CCC1. The van der Waals surface area contributed by atoms with Crippen LogP contribution in [-0.2, 0) is 10.0 Å². The molecule has 2 rings (SSSR count). The standard InChI is InChI=1S/C14H20ClNO3S/c1-11-13(15)7-3-8-14(11)20(18,19)16(9-4-10-17)12-5-2-6-12/h3,7-8,12,17H,2,4-6,9-10H2,1H3. The predicted octanol–water partition coefficient (Wildman–Crippen LogP) is 2.57. The molecule has 1 saturated carbocycles. The smallest absolute Gasteiger partial charge is 0.243 e. The maximum absolute atomic E-state index is 12.8. The minimum Gasteiger partial charge on any atom is -0.396 e. The molecular weight excluding hydrogens is 298 g/mol. The van der Waals surface area contributed by atoms with Gasteiger partial charge in [-0.15, -0.1) is 0 Å². The zero-order chi connectivity index (χ0) is 14.8. The molecule has 0 bridgehead atoms. The van der Waals surface area contributed by atoms with Gasteiger partial charge in [-0.25, -0.2) is 8.42 Å². The van der Waals surface area contributed by atoms with Crippen LogP contribution in [0.4, 0.5) is 0 Å². The number of benzene rings is 1. The average Bonchev–Trinajstić information content (AvgIpc) is 2.35. The van der Waals surface area contributed by atoms with Crippen molar-refractivity contribution >= 4 is 21.6 Å². The third kappa shape index (κ3) is 3.01. The number of nitrogens with zero attached hydrogens (tertiary/aromatic N) is 1. The third-order valence-electron chi connectivity index (χ3n) is 3.82. The van der Waals surface area contributed by atoms with Crippen molar-refractivity contribution < 1.29 is 13.5 Å². The Labute approximate surface area is 125 Å². The summed E-state index contributed by atoms with van der Waals surface area (Å²) in [4.78, 5) is 0.273. The maximum Gasteiger partial charge on any atom is 0.243 e. The fourth-order valence-corrected chi connectivity index (χ4v) is 4.60. The number of hydrogen-bond acceptors (Lipinski definition) is 3. The Balaban J connectivity index is 2.36. The summed E-state index contributed by atoms with van der Waals surface area (Å²) in [6, 6.07) is 5.01. The second-order valence-corrected chi connectivity index (χ2v) is 7.41. The van der Waals surface area contributed by atoms with Crippen LogP contribution in [0.25, 0.3) is 0 Å². The van der Waals surface area contributed by atoms with Crippen molar-refractivity contribution in [1.82, 2.24) is 4.31 Å². The summed E-state index contributed by atoms with van der Waals surface area (Å²) in [6.07, 6.45) is 3.30. The summed E-state index contributed by atoms with van der Waals surface area (Å²) in [7, 11) is -3.55. The van der Waals surface area contributed by atoms with Gasteiger partial charge in [-0.05, 0) is 43.9 Å². The molecule has 6 heteroatoms. The Bertz CT molecular complexity index is 570. The molecule has 112 valence electrons. The second-order valence-electron chi connectivity index (χ2n) is 5.14. The molecule has 1 aliphatic carbocycles. The third-order valence-corrected chi connectivity index (χ3v) is 6.33. The first-order valence-electron chi connectivity index (χ1n) is 6.86. The zero-order valence-electron chi connectivity index (χ0n) is 11.5. The molecule has 0 saturated heterocycles. The first-order valence-corrected chi connectivity index (χ1v) is 8.68. The van der Waals surface area contributed by atoms with Gasteiger partial charge >= 0.3 is 0 Å². The summed E-state index contributed by atoms with van der Waals surface area (Å²) in [6.45, 7) is 2.07. The van der Waals surface area contributed by atoms with Crippen LogP contribution in [-0.4, -0.2) is 37.0 Å². The molecule has 0 heterocycles. The van der Waals surface area contributed by atoms with Crippen molar-refractivity contribution in [3.8, 4) is 0 Å². The van der Waals surface area contributed by atoms with Gasteiger partial charge in [0.25, 0.3) is 0 Å². The second kappa shape index (κ2) is 6.43. The predicted molar refractivity (Wildman–Crippen MR) is 79.4 cm³/mol. The van der Waals surface area contributed by atoms with Crippen LogP contribution in [0.15, 0.2) is 23.1 Å². The highest BCUT2D eigenvalue weighted by molar-refractivity contribution is 7.89. The van der Waals surface area contributed by atoms with Gasteiger partial charge in [-0.3, -0.25) is 0 Å². The number of hydrogen-bond donors (Lipinski definition) is 1. The van der Waals surface area contributed by atoms with Crippen molar-refractivity contribution in [2.75, 3.05) is 13.2 Å². The van der Waals surface area contributed by atoms with Crippen molar-refractivity contribution in [2.24, 2.45) is 0 Å². The fraction of sp³-hybridized carbons (Fsp3) is 0.571. The average molecular weight is 318 g/mol. The summed E-state index contributed by atoms with van der Waals surface area (Å²) in [5.74, 6) is 0. The lowest BCUT2D eigenvalue weighted by molar-refractivity contribution is 0.198. The topological polar surface area (TPSA) is 57.6 Å². The van der Waals surface area contributed by atoms with Gasteiger partial charge < -0.3 is 5.11 Å². The molecule has 4 nitrogen and oxygen atoms in total. The lowest BCUT2D eigenvalue weighted by Crippen LogP contribution is -2.45. The van der Waals surface area contributed by atoms with Crippen LogP contribution in [0.2, 0.25) is 5.02 Å². The number of sulfonamides is 1. The van der Waals surface area contributed by atoms with Crippen LogP contribution < -0.4 is 0 Å². The molecule has 0 aliphatic heterocycles. The molecule has 0 unspecified atom stereocenters. The van der Waals surface area contributed by atoms with E-state index in [2.05, 4.69) is 0 Å². The van der Waals surface area contributed by atoms with Gasteiger partial charge in [0.15, 0.2) is 0 Å². The Hall–Kier alpha value is -0.620. The lowest BCUT2D eigenvalue weighted by atomic mass is 9.93. The molecule has 0 aromatic heterocycles. The van der Waals surface area contributed by atoms with Crippen LogP contribution >= 0.6 is 11.6 Å². The number of aliphatic hydroxyl groups is 1. The van der Waals surface area contributed by atoms with Crippen LogP contribution in [0.5, 0.6) is 0 Å². The van der Waals surface area contributed by atoms with E-state index in [4.69, 9.17) is 16.7 Å². The highest BCUT2D eigenvalue weighted by atomic mass is 35.5. The summed E-state index contributed by atoms with van der Waals surface area (Å²) >= 11 is 6.03. The fourth-order valence-electron chi connectivity index (χ4n) is 2.39. The molecule has 0 amide bonds. The normalized spacial score (nSPS) is 16.4. The van der Waals surface area contributed by atoms with Crippen molar-refractivity contribution in [3.05, 3.63) is 28.8 Å². The first-order chi connectivity index (χ1) is 9.48. The number of rotatable bonds is 6. The zero-order valence-corrected chi connectivity index (χ0v) is 13.1. The lowest BCUT2D eigenvalue weighted by Gasteiger charge is -2.36. The highest BCUT2D eigenvalue weighted by Crippen LogP contribution is 2.32. The van der Waals surface area contributed by atoms with E-state index in [1.165, 1.54) is 4.31 Å². The van der Waals surface area contributed by atoms with Gasteiger partial charge in [-0.1, -0.05) is 24.1 Å². The molecule has 1 N–H and O–H groups in total. The number of halogens is 1. The van der Waals surface area contributed by atoms with E-state index < -0.39 is 10.0 Å². The molecule has 20 heavy (non-hydrogen) atoms. The van der Waals surface area contributed by atoms with Crippen molar-refractivity contribution in [2.45, 2.75) is 43.5 Å². The monoisotopic (exact) mass is 317 g/mol. The highest BCUT2D eigenvalue weighted by Gasteiger charge is 2.35. The molecule has 1 fully saturated rings. The molecular formula is C14H20ClNO3S. The van der Waals surface area contributed by atoms with Gasteiger partial charge in [0.05, 0.1) is 4.90 Å². The largest absolute Gasteiger partial charge is 0.396 e. The van der Waals surface area contributed by atoms with E-state index >= 15 is 0 Å². The molecule has 0 radical (unpaired) electrons. The van der Waals surface area contributed by atoms with Crippen molar-refractivity contribution in [3.63, 3.8) is 0 Å². The van der Waals surface area contributed by atoms with Crippen LogP contribution in [0.1, 0.15) is 31.2 Å². The van der Waals surface area contributed by atoms with Crippen LogP contribution in [0, 0.1) is 6.92 Å². The van der Waals surface area contributed by atoms with E-state index in [9.17, 15) is 8.42 Å². The Kier molecular flexibility index (Phi) is 5.07. The minimum atomic E-state index is -3.55. The van der Waals surface area contributed by atoms with Gasteiger partial charge in [0, 0.05) is 24.2 Å². The van der Waals surface area contributed by atoms with E-state index in [0.29, 0.717) is 23.6 Å². The Morgan fingerprint density at radius 2 is 2.10 bits per heavy atom. The van der Waals surface area contributed by atoms with E-state index in [0.717, 1.165) is 19.3 Å². The van der Waals surface area contributed by atoms with Gasteiger partial charge in [0.1, 0.15) is 0 Å².